The minimum absolute atomic E-state index is 0.700. The molecule has 0 radical (unpaired) electrons. The lowest BCUT2D eigenvalue weighted by Gasteiger charge is -2.22. The molecule has 3 unspecified atom stereocenters. The van der Waals surface area contributed by atoms with Crippen molar-refractivity contribution in [3.05, 3.63) is 181 Å². The number of fused-ring (bicyclic) bond motifs is 2. The summed E-state index contributed by atoms with van der Waals surface area (Å²) in [6, 6.07) is 61.6. The van der Waals surface area contributed by atoms with E-state index in [4.69, 9.17) is 19.9 Å². The summed E-state index contributed by atoms with van der Waals surface area (Å²) in [5.41, 5.74) is 13.6. The average Bonchev–Trinajstić information content (AvgIpc) is 3.92. The van der Waals surface area contributed by atoms with Crippen molar-refractivity contribution in [3.63, 3.8) is 0 Å². The molecule has 2 heterocycles. The van der Waals surface area contributed by atoms with Crippen LogP contribution in [0.4, 0.5) is 0 Å². The van der Waals surface area contributed by atoms with Crippen LogP contribution in [0.1, 0.15) is 37.2 Å². The Labute approximate surface area is 322 Å². The summed E-state index contributed by atoms with van der Waals surface area (Å²) in [4.78, 5) is 20.3. The lowest BCUT2D eigenvalue weighted by Crippen LogP contribution is -2.08. The highest BCUT2D eigenvalue weighted by Gasteiger charge is 2.40. The first-order chi connectivity index (χ1) is 27.2. The highest BCUT2D eigenvalue weighted by molar-refractivity contribution is 5.77. The monoisotopic (exact) mass is 708 g/mol. The van der Waals surface area contributed by atoms with Gasteiger partial charge >= 0.3 is 0 Å². The Morgan fingerprint density at radius 2 is 0.764 bits per heavy atom. The Hall–Kier alpha value is -6.52. The van der Waals surface area contributed by atoms with E-state index in [2.05, 4.69) is 121 Å². The van der Waals surface area contributed by atoms with Crippen LogP contribution in [0.15, 0.2) is 176 Å². The van der Waals surface area contributed by atoms with Crippen LogP contribution in [0.5, 0.6) is 0 Å². The maximum atomic E-state index is 5.13. The Morgan fingerprint density at radius 3 is 1.29 bits per heavy atom. The third-order valence-corrected chi connectivity index (χ3v) is 11.6. The SMILES string of the molecule is c1ccc(-c2cc(-c3ccccc3)nc(-c3ccc(-c4cccc(-c5cc(-c6ccc(C7CC8CCC7C8)cc6)nc(-c6ccccc6)n5)c4)cc3)n2)cc1. The van der Waals surface area contributed by atoms with E-state index in [0.29, 0.717) is 11.7 Å². The molecule has 3 atom stereocenters. The fourth-order valence-electron chi connectivity index (χ4n) is 8.77. The standard InChI is InChI=1S/C51H40N4/c1-4-11-37(12-5-1)46-32-47(38-13-6-2-7-14-38)53-51(52-46)41-27-21-35(22-28-41)42-17-10-18-44(31-42)49-33-48(54-50(55-49)40-15-8-3-9-16-40)39-25-23-36(24-26-39)45-30-34-19-20-43(45)29-34/h1-18,21-28,31-34,43,45H,19-20,29-30H2. The Bertz CT molecular complexity index is 2530. The van der Waals surface area contributed by atoms with E-state index in [1.165, 1.54) is 31.2 Å². The maximum Gasteiger partial charge on any atom is 0.160 e. The van der Waals surface area contributed by atoms with Gasteiger partial charge in [-0.15, -0.1) is 0 Å². The van der Waals surface area contributed by atoms with Gasteiger partial charge in [-0.05, 0) is 71.9 Å². The van der Waals surface area contributed by atoms with Crippen LogP contribution in [-0.4, -0.2) is 19.9 Å². The summed E-state index contributed by atoms with van der Waals surface area (Å²) in [5.74, 6) is 3.93. The highest BCUT2D eigenvalue weighted by Crippen LogP contribution is 2.53. The molecule has 2 bridgehead atoms. The van der Waals surface area contributed by atoms with Crippen LogP contribution in [0.2, 0.25) is 0 Å². The quantitative estimate of drug-likeness (QED) is 0.158. The number of aromatic nitrogens is 4. The Kier molecular flexibility index (Phi) is 8.64. The van der Waals surface area contributed by atoms with Crippen LogP contribution in [0.3, 0.4) is 0 Å². The zero-order valence-corrected chi connectivity index (χ0v) is 30.6. The molecule has 0 aliphatic heterocycles. The van der Waals surface area contributed by atoms with Crippen LogP contribution < -0.4 is 0 Å². The molecule has 55 heavy (non-hydrogen) atoms. The van der Waals surface area contributed by atoms with Gasteiger partial charge in [-0.1, -0.05) is 164 Å². The molecule has 4 heteroatoms. The molecule has 264 valence electrons. The molecule has 4 nitrogen and oxygen atoms in total. The summed E-state index contributed by atoms with van der Waals surface area (Å²) in [7, 11) is 0. The Balaban J connectivity index is 0.980. The molecular weight excluding hydrogens is 669 g/mol. The minimum atomic E-state index is 0.700. The van der Waals surface area contributed by atoms with Gasteiger partial charge in [-0.3, -0.25) is 0 Å². The van der Waals surface area contributed by atoms with Crippen LogP contribution in [0.25, 0.3) is 78.9 Å². The third-order valence-electron chi connectivity index (χ3n) is 11.6. The van der Waals surface area contributed by atoms with Crippen molar-refractivity contribution in [3.8, 4) is 78.9 Å². The first-order valence-corrected chi connectivity index (χ1v) is 19.5. The molecule has 10 rings (SSSR count). The lowest BCUT2D eigenvalue weighted by molar-refractivity contribution is 0.420. The molecular formula is C51H40N4. The second kappa shape index (κ2) is 14.4. The van der Waals surface area contributed by atoms with E-state index in [1.54, 1.807) is 0 Å². The lowest BCUT2D eigenvalue weighted by atomic mass is 9.83. The molecule has 0 N–H and O–H groups in total. The average molecular weight is 709 g/mol. The van der Waals surface area contributed by atoms with Gasteiger partial charge in [0.25, 0.3) is 0 Å². The Morgan fingerprint density at radius 1 is 0.327 bits per heavy atom. The number of hydrogen-bond donors (Lipinski definition) is 0. The van der Waals surface area contributed by atoms with Gasteiger partial charge < -0.3 is 0 Å². The second-order valence-corrected chi connectivity index (χ2v) is 15.1. The molecule has 8 aromatic rings. The maximum absolute atomic E-state index is 5.13. The molecule has 2 aliphatic rings. The summed E-state index contributed by atoms with van der Waals surface area (Å²) in [6.45, 7) is 0. The summed E-state index contributed by atoms with van der Waals surface area (Å²) >= 11 is 0. The van der Waals surface area contributed by atoms with Crippen molar-refractivity contribution in [1.82, 2.24) is 19.9 Å². The summed E-state index contributed by atoms with van der Waals surface area (Å²) in [6.07, 6.45) is 5.58. The van der Waals surface area contributed by atoms with Gasteiger partial charge in [0.15, 0.2) is 11.6 Å². The zero-order chi connectivity index (χ0) is 36.6. The van der Waals surface area contributed by atoms with E-state index in [-0.39, 0.29) is 0 Å². The van der Waals surface area contributed by atoms with Gasteiger partial charge in [0, 0.05) is 33.4 Å². The highest BCUT2D eigenvalue weighted by atomic mass is 14.9. The van der Waals surface area contributed by atoms with Crippen molar-refractivity contribution in [2.45, 2.75) is 31.6 Å². The van der Waals surface area contributed by atoms with E-state index in [1.807, 2.05) is 54.6 Å². The van der Waals surface area contributed by atoms with Crippen molar-refractivity contribution in [1.29, 1.82) is 0 Å². The number of hydrogen-bond acceptors (Lipinski definition) is 4. The predicted molar refractivity (Wildman–Crippen MR) is 224 cm³/mol. The normalized spacial score (nSPS) is 17.3. The number of benzene rings is 6. The second-order valence-electron chi connectivity index (χ2n) is 15.1. The molecule has 2 aromatic heterocycles. The van der Waals surface area contributed by atoms with Gasteiger partial charge in [-0.2, -0.15) is 0 Å². The topological polar surface area (TPSA) is 51.6 Å². The van der Waals surface area contributed by atoms with Gasteiger partial charge in [0.2, 0.25) is 0 Å². The smallest absolute Gasteiger partial charge is 0.160 e. The summed E-state index contributed by atoms with van der Waals surface area (Å²) in [5, 5.41) is 0. The van der Waals surface area contributed by atoms with Gasteiger partial charge in [-0.25, -0.2) is 19.9 Å². The van der Waals surface area contributed by atoms with E-state index >= 15 is 0 Å². The van der Waals surface area contributed by atoms with Gasteiger partial charge in [0.05, 0.1) is 22.8 Å². The van der Waals surface area contributed by atoms with Crippen LogP contribution >= 0.6 is 0 Å². The minimum Gasteiger partial charge on any atom is -0.228 e. The van der Waals surface area contributed by atoms with Crippen molar-refractivity contribution < 1.29 is 0 Å². The molecule has 0 amide bonds. The van der Waals surface area contributed by atoms with Crippen molar-refractivity contribution in [2.75, 3.05) is 0 Å². The fraction of sp³-hybridized carbons (Fsp3) is 0.137. The first-order valence-electron chi connectivity index (χ1n) is 19.5. The van der Waals surface area contributed by atoms with Crippen molar-refractivity contribution in [2.24, 2.45) is 11.8 Å². The molecule has 0 spiro atoms. The molecule has 2 aliphatic carbocycles. The number of rotatable bonds is 8. The largest absolute Gasteiger partial charge is 0.228 e. The van der Waals surface area contributed by atoms with E-state index < -0.39 is 0 Å². The molecule has 6 aromatic carbocycles. The summed E-state index contributed by atoms with van der Waals surface area (Å²) < 4.78 is 0. The fourth-order valence-corrected chi connectivity index (χ4v) is 8.77. The molecule has 2 saturated carbocycles. The zero-order valence-electron chi connectivity index (χ0n) is 30.6. The molecule has 2 fully saturated rings. The predicted octanol–water partition coefficient (Wildman–Crippen LogP) is 12.8. The van der Waals surface area contributed by atoms with E-state index in [9.17, 15) is 0 Å². The van der Waals surface area contributed by atoms with Crippen LogP contribution in [-0.2, 0) is 0 Å². The number of nitrogens with zero attached hydrogens (tertiary/aromatic N) is 4. The molecule has 0 saturated heterocycles. The third kappa shape index (κ3) is 6.77. The van der Waals surface area contributed by atoms with Gasteiger partial charge in [0.1, 0.15) is 0 Å². The van der Waals surface area contributed by atoms with E-state index in [0.717, 1.165) is 84.9 Å². The van der Waals surface area contributed by atoms with Crippen LogP contribution in [0, 0.1) is 11.8 Å². The first kappa shape index (κ1) is 33.1. The van der Waals surface area contributed by atoms with Crippen molar-refractivity contribution >= 4 is 0 Å².